The summed E-state index contributed by atoms with van der Waals surface area (Å²) in [5.74, 6) is 4.46. The van der Waals surface area contributed by atoms with Crippen LogP contribution in [0.25, 0.3) is 10.2 Å². The van der Waals surface area contributed by atoms with Gasteiger partial charge in [-0.15, -0.1) is 11.3 Å². The van der Waals surface area contributed by atoms with Crippen molar-refractivity contribution in [3.05, 3.63) is 26.6 Å². The van der Waals surface area contributed by atoms with E-state index in [1.165, 1.54) is 22.1 Å². The summed E-state index contributed by atoms with van der Waals surface area (Å²) >= 11 is 5.66. The molecule has 1 atom stereocenters. The lowest BCUT2D eigenvalue weighted by atomic mass is 10.2. The van der Waals surface area contributed by atoms with E-state index in [0.717, 1.165) is 28.1 Å². The second kappa shape index (κ2) is 6.73. The van der Waals surface area contributed by atoms with Gasteiger partial charge in [0.05, 0.1) is 11.9 Å². The summed E-state index contributed by atoms with van der Waals surface area (Å²) in [6.45, 7) is 5.63. The van der Waals surface area contributed by atoms with Crippen LogP contribution in [0.1, 0.15) is 16.3 Å². The summed E-state index contributed by atoms with van der Waals surface area (Å²) in [7, 11) is 0. The molecule has 2 N–H and O–H groups in total. The molecular formula is C14H19N3OS3. The van der Waals surface area contributed by atoms with E-state index in [4.69, 9.17) is 0 Å². The van der Waals surface area contributed by atoms with Crippen LogP contribution in [0.4, 0.5) is 0 Å². The maximum Gasteiger partial charge on any atom is 0.259 e. The average molecular weight is 342 g/mol. The summed E-state index contributed by atoms with van der Waals surface area (Å²) in [5, 5.41) is 4.84. The molecule has 0 aromatic carbocycles. The number of aromatic amines is 1. The highest BCUT2D eigenvalue weighted by Gasteiger charge is 2.15. The Balaban J connectivity index is 1.68. The smallest absolute Gasteiger partial charge is 0.259 e. The number of rotatable bonds is 4. The Kier molecular flexibility index (Phi) is 4.93. The van der Waals surface area contributed by atoms with Crippen LogP contribution in [-0.2, 0) is 6.54 Å². The van der Waals surface area contributed by atoms with Gasteiger partial charge in [-0.05, 0) is 19.4 Å². The van der Waals surface area contributed by atoms with Crippen LogP contribution in [0.3, 0.4) is 0 Å². The number of nitrogens with one attached hydrogen (secondary N) is 2. The molecule has 21 heavy (non-hydrogen) atoms. The van der Waals surface area contributed by atoms with Gasteiger partial charge in [0.1, 0.15) is 10.7 Å². The van der Waals surface area contributed by atoms with Crippen molar-refractivity contribution in [3.63, 3.8) is 0 Å². The van der Waals surface area contributed by atoms with E-state index in [1.54, 1.807) is 11.3 Å². The van der Waals surface area contributed by atoms with Crippen molar-refractivity contribution in [2.45, 2.75) is 25.6 Å². The number of hydrogen-bond donors (Lipinski definition) is 2. The molecule has 0 spiro atoms. The lowest BCUT2D eigenvalue weighted by molar-refractivity contribution is 0.660. The lowest BCUT2D eigenvalue weighted by Crippen LogP contribution is -2.29. The van der Waals surface area contributed by atoms with Crippen LogP contribution >= 0.6 is 34.9 Å². The number of H-pyrrole nitrogens is 1. The number of nitrogens with zero attached hydrogens (tertiary/aromatic N) is 1. The third-order valence-electron chi connectivity index (χ3n) is 3.64. The molecule has 0 radical (unpaired) electrons. The molecule has 1 aliphatic rings. The summed E-state index contributed by atoms with van der Waals surface area (Å²) in [4.78, 5) is 21.7. The zero-order valence-corrected chi connectivity index (χ0v) is 14.6. The second-order valence-corrected chi connectivity index (χ2v) is 8.94. The molecule has 0 amide bonds. The Morgan fingerprint density at radius 1 is 1.38 bits per heavy atom. The Bertz CT molecular complexity index is 689. The molecule has 2 aromatic heterocycles. The monoisotopic (exact) mass is 341 g/mol. The minimum atomic E-state index is -0.0127. The van der Waals surface area contributed by atoms with Gasteiger partial charge >= 0.3 is 0 Å². The Morgan fingerprint density at radius 3 is 3.00 bits per heavy atom. The fourth-order valence-electron chi connectivity index (χ4n) is 2.39. The van der Waals surface area contributed by atoms with Crippen LogP contribution in [-0.4, -0.2) is 39.0 Å². The highest BCUT2D eigenvalue weighted by Crippen LogP contribution is 2.26. The molecule has 2 aromatic rings. The number of thiophene rings is 1. The molecule has 1 unspecified atom stereocenters. The van der Waals surface area contributed by atoms with Crippen molar-refractivity contribution < 1.29 is 0 Å². The highest BCUT2D eigenvalue weighted by molar-refractivity contribution is 8.06. The van der Waals surface area contributed by atoms with Crippen molar-refractivity contribution in [2.24, 2.45) is 0 Å². The van der Waals surface area contributed by atoms with Crippen LogP contribution in [0, 0.1) is 13.8 Å². The Labute approximate surface area is 136 Å². The maximum absolute atomic E-state index is 12.2. The molecule has 0 aliphatic carbocycles. The number of aryl methyl sites for hydroxylation is 2. The average Bonchev–Trinajstić information content (AvgIpc) is 2.75. The largest absolute Gasteiger partial charge is 0.309 e. The first-order chi connectivity index (χ1) is 10.1. The van der Waals surface area contributed by atoms with Gasteiger partial charge < -0.3 is 10.3 Å². The normalized spacial score (nSPS) is 19.2. The number of thioether (sulfide) groups is 2. The Morgan fingerprint density at radius 2 is 2.24 bits per heavy atom. The SMILES string of the molecule is Cc1sc2nc(CNCC3CSCCS3)[nH]c(=O)c2c1C. The summed E-state index contributed by atoms with van der Waals surface area (Å²) < 4.78 is 0. The number of hydrogen-bond acceptors (Lipinski definition) is 6. The summed E-state index contributed by atoms with van der Waals surface area (Å²) in [5.41, 5.74) is 1.04. The fraction of sp³-hybridized carbons (Fsp3) is 0.571. The van der Waals surface area contributed by atoms with Gasteiger partial charge in [-0.3, -0.25) is 4.79 Å². The van der Waals surface area contributed by atoms with Crippen LogP contribution in [0.5, 0.6) is 0 Å². The second-order valence-electron chi connectivity index (χ2n) is 5.17. The van der Waals surface area contributed by atoms with Gasteiger partial charge in [-0.1, -0.05) is 0 Å². The minimum Gasteiger partial charge on any atom is -0.309 e. The van der Waals surface area contributed by atoms with Crippen LogP contribution in [0.2, 0.25) is 0 Å². The van der Waals surface area contributed by atoms with E-state index in [-0.39, 0.29) is 5.56 Å². The fourth-order valence-corrected chi connectivity index (χ4v) is 6.08. The van der Waals surface area contributed by atoms with Crippen LogP contribution in [0.15, 0.2) is 4.79 Å². The zero-order valence-electron chi connectivity index (χ0n) is 12.2. The molecular weight excluding hydrogens is 322 g/mol. The number of fused-ring (bicyclic) bond motifs is 1. The van der Waals surface area contributed by atoms with Gasteiger partial charge in [0.2, 0.25) is 0 Å². The molecule has 0 saturated carbocycles. The van der Waals surface area contributed by atoms with Crippen molar-refractivity contribution >= 4 is 45.1 Å². The summed E-state index contributed by atoms with van der Waals surface area (Å²) in [6, 6.07) is 0. The maximum atomic E-state index is 12.2. The zero-order chi connectivity index (χ0) is 14.8. The first kappa shape index (κ1) is 15.4. The van der Waals surface area contributed by atoms with Gasteiger partial charge in [0.15, 0.2) is 0 Å². The van der Waals surface area contributed by atoms with E-state index in [2.05, 4.69) is 15.3 Å². The van der Waals surface area contributed by atoms with Crippen molar-refractivity contribution in [2.75, 3.05) is 23.8 Å². The molecule has 114 valence electrons. The standard InChI is InChI=1S/C14H19N3OS3/c1-8-9(2)21-14-12(8)13(18)16-11(17-14)6-15-5-10-7-19-3-4-20-10/h10,15H,3-7H2,1-2H3,(H,16,17,18). The first-order valence-electron chi connectivity index (χ1n) is 7.04. The van der Waals surface area contributed by atoms with E-state index < -0.39 is 0 Å². The van der Waals surface area contributed by atoms with Crippen molar-refractivity contribution in [1.82, 2.24) is 15.3 Å². The molecule has 7 heteroatoms. The molecule has 1 saturated heterocycles. The van der Waals surface area contributed by atoms with Gasteiger partial charge in [-0.2, -0.15) is 23.5 Å². The van der Waals surface area contributed by atoms with E-state index >= 15 is 0 Å². The Hall–Kier alpha value is -0.500. The molecule has 3 heterocycles. The number of aromatic nitrogens is 2. The van der Waals surface area contributed by atoms with Gasteiger partial charge in [0, 0.05) is 33.9 Å². The molecule has 4 nitrogen and oxygen atoms in total. The lowest BCUT2D eigenvalue weighted by Gasteiger charge is -2.20. The quantitative estimate of drug-likeness (QED) is 0.895. The predicted octanol–water partition coefficient (Wildman–Crippen LogP) is 2.54. The third-order valence-corrected chi connectivity index (χ3v) is 7.58. The topological polar surface area (TPSA) is 57.8 Å². The first-order valence-corrected chi connectivity index (χ1v) is 10.1. The van der Waals surface area contributed by atoms with Crippen molar-refractivity contribution in [1.29, 1.82) is 0 Å². The third kappa shape index (κ3) is 3.47. The minimum absolute atomic E-state index is 0.0127. The summed E-state index contributed by atoms with van der Waals surface area (Å²) in [6.07, 6.45) is 0. The molecule has 1 fully saturated rings. The molecule has 0 bridgehead atoms. The van der Waals surface area contributed by atoms with E-state index in [1.807, 2.05) is 37.4 Å². The molecule has 1 aliphatic heterocycles. The van der Waals surface area contributed by atoms with E-state index in [9.17, 15) is 4.79 Å². The molecule has 3 rings (SSSR count). The van der Waals surface area contributed by atoms with E-state index in [0.29, 0.717) is 11.8 Å². The van der Waals surface area contributed by atoms with Gasteiger partial charge in [-0.25, -0.2) is 4.98 Å². The predicted molar refractivity (Wildman–Crippen MR) is 95.0 cm³/mol. The van der Waals surface area contributed by atoms with Crippen molar-refractivity contribution in [3.8, 4) is 0 Å². The van der Waals surface area contributed by atoms with Gasteiger partial charge in [0.25, 0.3) is 5.56 Å². The highest BCUT2D eigenvalue weighted by atomic mass is 32.2. The van der Waals surface area contributed by atoms with Crippen LogP contribution < -0.4 is 10.9 Å².